The summed E-state index contributed by atoms with van der Waals surface area (Å²) in [5, 5.41) is 27.8. The molecule has 180 valence electrons. The van der Waals surface area contributed by atoms with Crippen molar-refractivity contribution in [3.8, 4) is 6.07 Å². The van der Waals surface area contributed by atoms with E-state index >= 15 is 0 Å². The number of anilines is 1. The predicted molar refractivity (Wildman–Crippen MR) is 133 cm³/mol. The van der Waals surface area contributed by atoms with E-state index in [4.69, 9.17) is 40.1 Å². The molecule has 3 heterocycles. The minimum atomic E-state index is -0.716. The number of nitrogens with one attached hydrogen (secondary N) is 2. The van der Waals surface area contributed by atoms with Crippen molar-refractivity contribution in [2.75, 3.05) is 18.4 Å². The summed E-state index contributed by atoms with van der Waals surface area (Å²) in [7, 11) is 0. The molecule has 2 N–H and O–H groups in total. The Kier molecular flexibility index (Phi) is 9.16. The van der Waals surface area contributed by atoms with Crippen LogP contribution in [0.2, 0.25) is 15.3 Å². The molecule has 0 atom stereocenters. The van der Waals surface area contributed by atoms with Gasteiger partial charge in [-0.25, -0.2) is 15.1 Å². The number of benzene rings is 1. The molecule has 35 heavy (non-hydrogen) atoms. The largest absolute Gasteiger partial charge is 0.349 e. The maximum Gasteiger partial charge on any atom is 0.271 e. The average molecular weight is 554 g/mol. The molecule has 1 amide bonds. The van der Waals surface area contributed by atoms with Crippen molar-refractivity contribution < 1.29 is 9.83 Å². The molecule has 1 aromatic carbocycles. The second-order valence-corrected chi connectivity index (χ2v) is 8.59. The minimum absolute atomic E-state index is 0.0976. The maximum atomic E-state index is 11.9. The third-order valence-corrected chi connectivity index (χ3v) is 6.37. The van der Waals surface area contributed by atoms with Gasteiger partial charge in [0.25, 0.3) is 11.9 Å². The smallest absolute Gasteiger partial charge is 0.271 e. The molecule has 4 rings (SSSR count). The van der Waals surface area contributed by atoms with Gasteiger partial charge in [-0.15, -0.1) is 0 Å². The Labute approximate surface area is 218 Å². The first-order chi connectivity index (χ1) is 16.8. The van der Waals surface area contributed by atoms with E-state index in [1.807, 2.05) is 12.1 Å². The molecule has 0 radical (unpaired) electrons. The van der Waals surface area contributed by atoms with Crippen LogP contribution in [0.4, 0.5) is 5.69 Å². The molecule has 1 aliphatic rings. The number of nitrogens with zero attached hydrogens (tertiary/aromatic N) is 6. The average Bonchev–Trinajstić information content (AvgIpc) is 3.40. The number of nitro groups is 1. The summed E-state index contributed by atoms with van der Waals surface area (Å²) in [6, 6.07) is 13.9. The van der Waals surface area contributed by atoms with Crippen LogP contribution in [0.3, 0.4) is 0 Å². The summed E-state index contributed by atoms with van der Waals surface area (Å²) in [4.78, 5) is 28.3. The van der Waals surface area contributed by atoms with Gasteiger partial charge in [0.1, 0.15) is 26.2 Å². The van der Waals surface area contributed by atoms with Crippen LogP contribution in [0.25, 0.3) is 0 Å². The van der Waals surface area contributed by atoms with Crippen molar-refractivity contribution in [3.05, 3.63) is 84.0 Å². The van der Waals surface area contributed by atoms with Crippen molar-refractivity contribution in [1.82, 2.24) is 19.6 Å². The highest BCUT2D eigenvalue weighted by Gasteiger charge is 2.22. The van der Waals surface area contributed by atoms with Crippen LogP contribution in [0.1, 0.15) is 20.9 Å². The van der Waals surface area contributed by atoms with Crippen molar-refractivity contribution in [2.45, 2.75) is 6.54 Å². The molecule has 3 aromatic rings. The summed E-state index contributed by atoms with van der Waals surface area (Å²) in [6.07, 6.45) is 0. The Morgan fingerprint density at radius 1 is 1.29 bits per heavy atom. The Morgan fingerprint density at radius 2 is 2.06 bits per heavy atom. The van der Waals surface area contributed by atoms with E-state index in [0.717, 1.165) is 17.2 Å². The van der Waals surface area contributed by atoms with E-state index in [0.29, 0.717) is 36.0 Å². The number of hydrazone groups is 1. The molecule has 11 nitrogen and oxygen atoms in total. The zero-order valence-electron chi connectivity index (χ0n) is 17.6. The normalized spacial score (nSPS) is 13.4. The van der Waals surface area contributed by atoms with Crippen LogP contribution in [-0.2, 0) is 6.54 Å². The summed E-state index contributed by atoms with van der Waals surface area (Å²) >= 11 is 18.2. The van der Waals surface area contributed by atoms with Crippen molar-refractivity contribution in [3.63, 3.8) is 0 Å². The number of carbonyl (C=O) groups is 1. The Hall–Kier alpha value is -3.50. The van der Waals surface area contributed by atoms with Gasteiger partial charge in [0.05, 0.1) is 23.5 Å². The Bertz CT molecular complexity index is 1310. The SMILES string of the molecule is N#Cc1ccccc1NC(=O)c1snc(Cl)c1Cl.O=[N+]([O-])/N=C1\NCCN1Cc1cccc(Cl)n1. The van der Waals surface area contributed by atoms with Gasteiger partial charge in [-0.2, -0.15) is 9.64 Å². The molecule has 15 heteroatoms. The Morgan fingerprint density at radius 3 is 2.71 bits per heavy atom. The molecule has 1 aliphatic heterocycles. The number of hydrogen-bond acceptors (Lipinski definition) is 7. The monoisotopic (exact) mass is 552 g/mol. The van der Waals surface area contributed by atoms with Gasteiger partial charge in [0.15, 0.2) is 10.2 Å². The lowest BCUT2D eigenvalue weighted by molar-refractivity contribution is -0.485. The fraction of sp³-hybridized carbons (Fsp3) is 0.150. The summed E-state index contributed by atoms with van der Waals surface area (Å²) in [5.41, 5.74) is 1.54. The molecule has 0 bridgehead atoms. The number of guanidine groups is 1. The standard InChI is InChI=1S/C11H5Cl2N3OS.C9H10ClN5O2/c12-8-9(18-16-10(8)13)11(17)15-7-4-2-1-3-6(7)5-14;10-8-3-1-2-7(12-8)6-14-5-4-11-9(14)13-15(16)17/h1-4H,(H,15,17);1-3H,4-6H2,(H,11,13). The van der Waals surface area contributed by atoms with Crippen LogP contribution < -0.4 is 10.6 Å². The van der Waals surface area contributed by atoms with Gasteiger partial charge in [-0.3, -0.25) is 4.79 Å². The highest BCUT2D eigenvalue weighted by Crippen LogP contribution is 2.29. The molecule has 1 fully saturated rings. The lowest BCUT2D eigenvalue weighted by atomic mass is 10.2. The third kappa shape index (κ3) is 7.24. The van der Waals surface area contributed by atoms with Crippen LogP contribution >= 0.6 is 46.3 Å². The first-order valence-electron chi connectivity index (χ1n) is 9.73. The number of carbonyl (C=O) groups excluding carboxylic acids is 1. The number of aromatic nitrogens is 2. The maximum absolute atomic E-state index is 11.9. The number of rotatable bonds is 5. The van der Waals surface area contributed by atoms with Gasteiger partial charge in [-0.05, 0) is 35.8 Å². The summed E-state index contributed by atoms with van der Waals surface area (Å²) in [5.74, 6) is -0.177. The number of hydrogen-bond donors (Lipinski definition) is 2. The van der Waals surface area contributed by atoms with Crippen LogP contribution in [0.15, 0.2) is 47.6 Å². The topological polar surface area (TPSA) is 149 Å². The molecular weight excluding hydrogens is 539 g/mol. The van der Waals surface area contributed by atoms with Gasteiger partial charge in [0.2, 0.25) is 0 Å². The first-order valence-corrected chi connectivity index (χ1v) is 11.6. The van der Waals surface area contributed by atoms with E-state index in [1.165, 1.54) is 0 Å². The molecule has 1 saturated heterocycles. The summed E-state index contributed by atoms with van der Waals surface area (Å²) < 4.78 is 3.77. The molecular formula is C20H15Cl3N8O3S. The zero-order chi connectivity index (χ0) is 25.4. The Balaban J connectivity index is 0.000000196. The summed E-state index contributed by atoms with van der Waals surface area (Å²) in [6.45, 7) is 1.73. The van der Waals surface area contributed by atoms with Gasteiger partial charge in [-0.1, -0.05) is 53.0 Å². The van der Waals surface area contributed by atoms with Crippen molar-refractivity contribution in [2.24, 2.45) is 5.10 Å². The number of halogens is 3. The lowest BCUT2D eigenvalue weighted by Gasteiger charge is -2.14. The fourth-order valence-corrected chi connectivity index (χ4v) is 4.14. The predicted octanol–water partition coefficient (Wildman–Crippen LogP) is 4.26. The van der Waals surface area contributed by atoms with Gasteiger partial charge < -0.3 is 15.5 Å². The molecule has 0 unspecified atom stereocenters. The number of pyridine rings is 1. The highest BCUT2D eigenvalue weighted by atomic mass is 35.5. The second-order valence-electron chi connectivity index (χ2n) is 6.69. The van der Waals surface area contributed by atoms with Gasteiger partial charge in [0, 0.05) is 13.1 Å². The zero-order valence-corrected chi connectivity index (χ0v) is 20.7. The van der Waals surface area contributed by atoms with Crippen LogP contribution in [-0.4, -0.2) is 44.2 Å². The van der Waals surface area contributed by atoms with Crippen molar-refractivity contribution in [1.29, 1.82) is 5.26 Å². The quantitative estimate of drug-likeness (QED) is 0.270. The van der Waals surface area contributed by atoms with E-state index < -0.39 is 10.9 Å². The van der Waals surface area contributed by atoms with Crippen molar-refractivity contribution >= 4 is 63.9 Å². The molecule has 0 spiro atoms. The van der Waals surface area contributed by atoms with Gasteiger partial charge >= 0.3 is 0 Å². The fourth-order valence-electron chi connectivity index (χ4n) is 2.85. The van der Waals surface area contributed by atoms with E-state index in [9.17, 15) is 14.9 Å². The third-order valence-electron chi connectivity index (χ3n) is 4.37. The minimum Gasteiger partial charge on any atom is -0.349 e. The number of amides is 1. The lowest BCUT2D eigenvalue weighted by Crippen LogP contribution is -2.30. The van der Waals surface area contributed by atoms with E-state index in [1.54, 1.807) is 41.3 Å². The van der Waals surface area contributed by atoms with Crippen LogP contribution in [0.5, 0.6) is 0 Å². The molecule has 0 aliphatic carbocycles. The second kappa shape index (κ2) is 12.3. The molecule has 2 aromatic heterocycles. The number of para-hydroxylation sites is 1. The van der Waals surface area contributed by atoms with E-state index in [-0.39, 0.29) is 21.0 Å². The number of nitriles is 1. The van der Waals surface area contributed by atoms with E-state index in [2.05, 4.69) is 25.1 Å². The first kappa shape index (κ1) is 26.1. The highest BCUT2D eigenvalue weighted by molar-refractivity contribution is 7.09. The molecule has 0 saturated carbocycles. The van der Waals surface area contributed by atoms with Crippen LogP contribution in [0, 0.1) is 21.4 Å².